The molecular weight excluding hydrogens is 386 g/mol. The molecule has 1 amide bonds. The number of nitrogens with zero attached hydrogens (tertiary/aromatic N) is 5. The minimum Gasteiger partial charge on any atom is -0.337 e. The van der Waals surface area contributed by atoms with Crippen molar-refractivity contribution in [1.82, 2.24) is 24.5 Å². The first-order valence-corrected chi connectivity index (χ1v) is 10.1. The molecule has 0 saturated heterocycles. The van der Waals surface area contributed by atoms with E-state index in [1.165, 1.54) is 0 Å². The van der Waals surface area contributed by atoms with E-state index in [-0.39, 0.29) is 5.91 Å². The Morgan fingerprint density at radius 3 is 2.39 bits per heavy atom. The van der Waals surface area contributed by atoms with Crippen molar-refractivity contribution in [2.45, 2.75) is 13.5 Å². The van der Waals surface area contributed by atoms with Gasteiger partial charge in [-0.2, -0.15) is 0 Å². The number of amides is 1. The number of hydrogen-bond donors (Lipinski definition) is 0. The van der Waals surface area contributed by atoms with Crippen molar-refractivity contribution in [2.24, 2.45) is 0 Å². The minimum absolute atomic E-state index is 0.0474. The summed E-state index contributed by atoms with van der Waals surface area (Å²) < 4.78 is 1.99. The van der Waals surface area contributed by atoms with Crippen LogP contribution in [-0.4, -0.2) is 37.4 Å². The van der Waals surface area contributed by atoms with Gasteiger partial charge in [-0.15, -0.1) is 10.2 Å². The zero-order valence-corrected chi connectivity index (χ0v) is 17.4. The molecule has 0 unspecified atom stereocenters. The summed E-state index contributed by atoms with van der Waals surface area (Å²) in [5.74, 6) is 0.683. The second kappa shape index (κ2) is 7.65. The lowest BCUT2D eigenvalue weighted by Crippen LogP contribution is -2.26. The molecule has 2 heterocycles. The van der Waals surface area contributed by atoms with Crippen molar-refractivity contribution in [2.75, 3.05) is 7.05 Å². The number of rotatable bonds is 4. The number of aryl methyl sites for hydroxylation is 1. The molecule has 0 aliphatic carbocycles. The molecule has 0 radical (unpaired) electrons. The fourth-order valence-electron chi connectivity index (χ4n) is 3.83. The van der Waals surface area contributed by atoms with Gasteiger partial charge in [-0.25, -0.2) is 4.98 Å². The largest absolute Gasteiger partial charge is 0.337 e. The van der Waals surface area contributed by atoms with Crippen LogP contribution in [0, 0.1) is 6.92 Å². The molecule has 5 rings (SSSR count). The standard InChI is InChI=1S/C25H21N5O/c1-17-23-27-28-24(19-11-7-4-8-12-19)30(23)22-15-20(13-14-21(22)26-17)25(31)29(2)16-18-9-5-3-6-10-18/h3-15H,16H2,1-2H3. The van der Waals surface area contributed by atoms with Gasteiger partial charge in [0.15, 0.2) is 11.5 Å². The lowest BCUT2D eigenvalue weighted by Gasteiger charge is -2.18. The van der Waals surface area contributed by atoms with Gasteiger partial charge in [0, 0.05) is 24.7 Å². The first-order valence-electron chi connectivity index (χ1n) is 10.1. The third kappa shape index (κ3) is 3.42. The molecule has 0 saturated carbocycles. The van der Waals surface area contributed by atoms with Gasteiger partial charge in [0.1, 0.15) is 0 Å². The number of benzene rings is 3. The third-order valence-corrected chi connectivity index (χ3v) is 5.38. The molecule has 5 aromatic rings. The molecule has 6 heteroatoms. The second-order valence-corrected chi connectivity index (χ2v) is 7.60. The molecule has 0 N–H and O–H groups in total. The van der Waals surface area contributed by atoms with Gasteiger partial charge in [0.05, 0.1) is 16.7 Å². The molecule has 6 nitrogen and oxygen atoms in total. The lowest BCUT2D eigenvalue weighted by molar-refractivity contribution is 0.0785. The van der Waals surface area contributed by atoms with Crippen LogP contribution in [0.25, 0.3) is 28.1 Å². The van der Waals surface area contributed by atoms with Crippen LogP contribution < -0.4 is 0 Å². The van der Waals surface area contributed by atoms with Crippen molar-refractivity contribution in [1.29, 1.82) is 0 Å². The van der Waals surface area contributed by atoms with Crippen LogP contribution in [0.2, 0.25) is 0 Å². The van der Waals surface area contributed by atoms with Crippen LogP contribution in [0.15, 0.2) is 78.9 Å². The van der Waals surface area contributed by atoms with E-state index in [0.29, 0.717) is 17.8 Å². The topological polar surface area (TPSA) is 63.4 Å². The second-order valence-electron chi connectivity index (χ2n) is 7.60. The summed E-state index contributed by atoms with van der Waals surface area (Å²) in [6, 6.07) is 25.5. The highest BCUT2D eigenvalue weighted by Gasteiger charge is 2.17. The molecule has 152 valence electrons. The maximum atomic E-state index is 13.2. The number of hydrogen-bond acceptors (Lipinski definition) is 4. The monoisotopic (exact) mass is 407 g/mol. The minimum atomic E-state index is -0.0474. The van der Waals surface area contributed by atoms with E-state index in [1.54, 1.807) is 4.90 Å². The van der Waals surface area contributed by atoms with Gasteiger partial charge in [-0.1, -0.05) is 60.7 Å². The fraction of sp³-hybridized carbons (Fsp3) is 0.120. The summed E-state index contributed by atoms with van der Waals surface area (Å²) in [5.41, 5.74) is 5.73. The highest BCUT2D eigenvalue weighted by Crippen LogP contribution is 2.25. The van der Waals surface area contributed by atoms with E-state index in [9.17, 15) is 4.79 Å². The predicted octanol–water partition coefficient (Wildman–Crippen LogP) is 4.53. The Hall–Kier alpha value is -4.06. The van der Waals surface area contributed by atoms with E-state index < -0.39 is 0 Å². The van der Waals surface area contributed by atoms with Crippen molar-refractivity contribution >= 4 is 22.6 Å². The van der Waals surface area contributed by atoms with E-state index in [4.69, 9.17) is 0 Å². The van der Waals surface area contributed by atoms with E-state index in [1.807, 2.05) is 97.2 Å². The molecule has 0 aliphatic heterocycles. The van der Waals surface area contributed by atoms with E-state index >= 15 is 0 Å². The smallest absolute Gasteiger partial charge is 0.253 e. The zero-order chi connectivity index (χ0) is 21.4. The fourth-order valence-corrected chi connectivity index (χ4v) is 3.83. The van der Waals surface area contributed by atoms with Crippen LogP contribution in [-0.2, 0) is 6.54 Å². The highest BCUT2D eigenvalue weighted by atomic mass is 16.2. The summed E-state index contributed by atoms with van der Waals surface area (Å²) in [6.45, 7) is 2.46. The normalized spacial score (nSPS) is 11.2. The SMILES string of the molecule is Cc1nc2ccc(C(=O)N(C)Cc3ccccc3)cc2n2c(-c3ccccc3)nnc12. The molecular formula is C25H21N5O. The Labute approximate surface area is 179 Å². The maximum absolute atomic E-state index is 13.2. The van der Waals surface area contributed by atoms with Gasteiger partial charge >= 0.3 is 0 Å². The van der Waals surface area contributed by atoms with Crippen molar-refractivity contribution in [3.05, 3.63) is 95.7 Å². The molecule has 3 aromatic carbocycles. The highest BCUT2D eigenvalue weighted by molar-refractivity contribution is 5.97. The van der Waals surface area contributed by atoms with Crippen LogP contribution in [0.5, 0.6) is 0 Å². The Balaban J connectivity index is 1.62. The Bertz CT molecular complexity index is 1390. The Morgan fingerprint density at radius 1 is 0.935 bits per heavy atom. The molecule has 2 aromatic heterocycles. The maximum Gasteiger partial charge on any atom is 0.253 e. The zero-order valence-electron chi connectivity index (χ0n) is 17.4. The summed E-state index contributed by atoms with van der Waals surface area (Å²) >= 11 is 0. The number of fused-ring (bicyclic) bond motifs is 3. The first-order chi connectivity index (χ1) is 15.1. The average molecular weight is 407 g/mol. The van der Waals surface area contributed by atoms with Crippen molar-refractivity contribution < 1.29 is 4.79 Å². The molecule has 0 aliphatic rings. The van der Waals surface area contributed by atoms with Gasteiger partial charge in [-0.3, -0.25) is 9.20 Å². The van der Waals surface area contributed by atoms with Gasteiger partial charge < -0.3 is 4.90 Å². The summed E-state index contributed by atoms with van der Waals surface area (Å²) in [6.07, 6.45) is 0. The summed E-state index contributed by atoms with van der Waals surface area (Å²) in [5, 5.41) is 8.78. The van der Waals surface area contributed by atoms with Crippen LogP contribution in [0.1, 0.15) is 21.6 Å². The molecule has 0 spiro atoms. The predicted molar refractivity (Wildman–Crippen MR) is 121 cm³/mol. The summed E-state index contributed by atoms with van der Waals surface area (Å²) in [7, 11) is 1.82. The molecule has 0 bridgehead atoms. The van der Waals surface area contributed by atoms with E-state index in [2.05, 4.69) is 15.2 Å². The number of carbonyl (C=O) groups excluding carboxylic acids is 1. The number of carbonyl (C=O) groups is 1. The molecule has 31 heavy (non-hydrogen) atoms. The quantitative estimate of drug-likeness (QED) is 0.439. The van der Waals surface area contributed by atoms with Crippen molar-refractivity contribution in [3.63, 3.8) is 0 Å². The van der Waals surface area contributed by atoms with E-state index in [0.717, 1.165) is 33.7 Å². The average Bonchev–Trinajstić information content (AvgIpc) is 3.26. The first kappa shape index (κ1) is 18.9. The summed E-state index contributed by atoms with van der Waals surface area (Å²) in [4.78, 5) is 19.6. The van der Waals surface area contributed by atoms with Crippen LogP contribution >= 0.6 is 0 Å². The van der Waals surface area contributed by atoms with Crippen LogP contribution in [0.4, 0.5) is 0 Å². The third-order valence-electron chi connectivity index (χ3n) is 5.38. The Morgan fingerprint density at radius 2 is 1.65 bits per heavy atom. The van der Waals surface area contributed by atoms with Crippen LogP contribution in [0.3, 0.4) is 0 Å². The van der Waals surface area contributed by atoms with Gasteiger partial charge in [-0.05, 0) is 30.7 Å². The molecule has 0 atom stereocenters. The van der Waals surface area contributed by atoms with Gasteiger partial charge in [0.25, 0.3) is 5.91 Å². The van der Waals surface area contributed by atoms with Crippen molar-refractivity contribution in [3.8, 4) is 11.4 Å². The molecule has 0 fully saturated rings. The Kier molecular flexibility index (Phi) is 4.67. The lowest BCUT2D eigenvalue weighted by atomic mass is 10.1. The van der Waals surface area contributed by atoms with Gasteiger partial charge in [0.2, 0.25) is 0 Å². The number of aromatic nitrogens is 4.